The molecule has 1 aromatic carbocycles. The molecule has 19 heavy (non-hydrogen) atoms. The van der Waals surface area contributed by atoms with Crippen molar-refractivity contribution < 1.29 is 18.3 Å². The Labute approximate surface area is 118 Å². The largest absolute Gasteiger partial charge is 0.485 e. The zero-order valence-electron chi connectivity index (χ0n) is 10.2. The second kappa shape index (κ2) is 6.32. The Kier molecular flexibility index (Phi) is 4.74. The van der Waals surface area contributed by atoms with Gasteiger partial charge in [-0.05, 0) is 18.1 Å². The van der Waals surface area contributed by atoms with Crippen LogP contribution in [0.5, 0.6) is 5.75 Å². The van der Waals surface area contributed by atoms with Crippen molar-refractivity contribution in [3.05, 3.63) is 24.3 Å². The van der Waals surface area contributed by atoms with Crippen LogP contribution in [0.2, 0.25) is 0 Å². The van der Waals surface area contributed by atoms with Crippen molar-refractivity contribution in [1.82, 2.24) is 0 Å². The standard InChI is InChI=1S/C13H14BrF2NO2/c14-6-9-5-13(18)17(7-9)10-3-1-2-4-11(10)19-8-12(15)16/h1-4,9,12H,5-8H2. The molecule has 1 aromatic rings. The lowest BCUT2D eigenvalue weighted by molar-refractivity contribution is -0.117. The lowest BCUT2D eigenvalue weighted by atomic mass is 10.2. The Bertz CT molecular complexity index is 456. The van der Waals surface area contributed by atoms with Crippen molar-refractivity contribution in [2.75, 3.05) is 23.4 Å². The molecular weight excluding hydrogens is 320 g/mol. The van der Waals surface area contributed by atoms with E-state index in [4.69, 9.17) is 4.74 Å². The van der Waals surface area contributed by atoms with Gasteiger partial charge in [-0.25, -0.2) is 8.78 Å². The summed E-state index contributed by atoms with van der Waals surface area (Å²) in [5, 5.41) is 0.745. The van der Waals surface area contributed by atoms with Crippen molar-refractivity contribution in [2.24, 2.45) is 5.92 Å². The van der Waals surface area contributed by atoms with E-state index >= 15 is 0 Å². The molecule has 1 atom stereocenters. The van der Waals surface area contributed by atoms with Crippen molar-refractivity contribution in [3.63, 3.8) is 0 Å². The third kappa shape index (κ3) is 3.43. The maximum atomic E-state index is 12.2. The number of ether oxygens (including phenoxy) is 1. The number of rotatable bonds is 5. The highest BCUT2D eigenvalue weighted by atomic mass is 79.9. The first-order valence-corrected chi connectivity index (χ1v) is 7.10. The molecule has 0 saturated carbocycles. The topological polar surface area (TPSA) is 29.5 Å². The quantitative estimate of drug-likeness (QED) is 0.775. The van der Waals surface area contributed by atoms with Crippen molar-refractivity contribution in [2.45, 2.75) is 12.8 Å². The van der Waals surface area contributed by atoms with E-state index in [1.54, 1.807) is 29.2 Å². The van der Waals surface area contributed by atoms with Crippen LogP contribution in [0.25, 0.3) is 0 Å². The van der Waals surface area contributed by atoms with Crippen molar-refractivity contribution in [1.29, 1.82) is 0 Å². The Hall–Kier alpha value is -1.17. The molecule has 1 amide bonds. The first-order valence-electron chi connectivity index (χ1n) is 5.98. The number of hydrogen-bond acceptors (Lipinski definition) is 2. The van der Waals surface area contributed by atoms with Crippen LogP contribution in [0.1, 0.15) is 6.42 Å². The minimum absolute atomic E-state index is 0.00227. The molecule has 0 bridgehead atoms. The third-order valence-electron chi connectivity index (χ3n) is 2.94. The van der Waals surface area contributed by atoms with Crippen LogP contribution < -0.4 is 9.64 Å². The maximum Gasteiger partial charge on any atom is 0.272 e. The van der Waals surface area contributed by atoms with Gasteiger partial charge in [0, 0.05) is 18.3 Å². The van der Waals surface area contributed by atoms with Crippen molar-refractivity contribution >= 4 is 27.5 Å². The summed E-state index contributed by atoms with van der Waals surface area (Å²) in [6.45, 7) is -0.0833. The second-order valence-electron chi connectivity index (χ2n) is 4.40. The molecule has 2 rings (SSSR count). The average molecular weight is 334 g/mol. The van der Waals surface area contributed by atoms with Gasteiger partial charge < -0.3 is 9.64 Å². The van der Waals surface area contributed by atoms with Gasteiger partial charge in [0.2, 0.25) is 5.91 Å². The molecule has 0 aliphatic carbocycles. The van der Waals surface area contributed by atoms with E-state index in [2.05, 4.69) is 15.9 Å². The number of carbonyl (C=O) groups excluding carboxylic acids is 1. The third-order valence-corrected chi connectivity index (χ3v) is 3.86. The van der Waals surface area contributed by atoms with E-state index in [-0.39, 0.29) is 11.8 Å². The highest BCUT2D eigenvalue weighted by Crippen LogP contribution is 2.33. The molecule has 0 spiro atoms. The van der Waals surface area contributed by atoms with Gasteiger partial charge in [0.15, 0.2) is 0 Å². The number of halogens is 3. The Morgan fingerprint density at radius 2 is 2.16 bits per heavy atom. The van der Waals surface area contributed by atoms with Crippen LogP contribution in [-0.2, 0) is 4.79 Å². The number of carbonyl (C=O) groups is 1. The Morgan fingerprint density at radius 1 is 1.42 bits per heavy atom. The number of nitrogens with zero attached hydrogens (tertiary/aromatic N) is 1. The fraction of sp³-hybridized carbons (Fsp3) is 0.462. The van der Waals surface area contributed by atoms with Gasteiger partial charge in [-0.3, -0.25) is 4.79 Å². The first-order chi connectivity index (χ1) is 9.11. The van der Waals surface area contributed by atoms with E-state index in [0.717, 1.165) is 5.33 Å². The number of anilines is 1. The first kappa shape index (κ1) is 14.2. The summed E-state index contributed by atoms with van der Waals surface area (Å²) in [7, 11) is 0. The summed E-state index contributed by atoms with van der Waals surface area (Å²) in [4.78, 5) is 13.5. The molecule has 1 aliphatic rings. The molecule has 3 nitrogen and oxygen atoms in total. The zero-order chi connectivity index (χ0) is 13.8. The van der Waals surface area contributed by atoms with Gasteiger partial charge >= 0.3 is 0 Å². The monoisotopic (exact) mass is 333 g/mol. The number of para-hydroxylation sites is 2. The highest BCUT2D eigenvalue weighted by Gasteiger charge is 2.31. The molecule has 1 aliphatic heterocycles. The molecule has 0 N–H and O–H groups in total. The molecule has 1 fully saturated rings. The molecule has 1 saturated heterocycles. The number of benzene rings is 1. The summed E-state index contributed by atoms with van der Waals surface area (Å²) >= 11 is 3.36. The molecule has 0 radical (unpaired) electrons. The minimum atomic E-state index is -2.53. The minimum Gasteiger partial charge on any atom is -0.485 e. The number of amides is 1. The Morgan fingerprint density at radius 3 is 2.79 bits per heavy atom. The fourth-order valence-electron chi connectivity index (χ4n) is 2.07. The number of alkyl halides is 3. The molecular formula is C13H14BrF2NO2. The zero-order valence-corrected chi connectivity index (χ0v) is 11.8. The van der Waals surface area contributed by atoms with E-state index in [1.165, 1.54) is 0 Å². The average Bonchev–Trinajstić information content (AvgIpc) is 2.78. The van der Waals surface area contributed by atoms with E-state index in [1.807, 2.05) is 0 Å². The van der Waals surface area contributed by atoms with Crippen LogP contribution in [0.3, 0.4) is 0 Å². The SMILES string of the molecule is O=C1CC(CBr)CN1c1ccccc1OCC(F)F. The van der Waals surface area contributed by atoms with Crippen molar-refractivity contribution in [3.8, 4) is 5.75 Å². The van der Waals surface area contributed by atoms with Gasteiger partial charge in [-0.15, -0.1) is 0 Å². The lowest BCUT2D eigenvalue weighted by Gasteiger charge is -2.20. The second-order valence-corrected chi connectivity index (χ2v) is 5.05. The molecule has 0 aromatic heterocycles. The molecule has 1 unspecified atom stereocenters. The lowest BCUT2D eigenvalue weighted by Crippen LogP contribution is -2.25. The van der Waals surface area contributed by atoms with Crippen LogP contribution in [0.15, 0.2) is 24.3 Å². The Balaban J connectivity index is 2.17. The maximum absolute atomic E-state index is 12.2. The molecule has 6 heteroatoms. The van der Waals surface area contributed by atoms with E-state index in [9.17, 15) is 13.6 Å². The van der Waals surface area contributed by atoms with Crippen LogP contribution >= 0.6 is 15.9 Å². The fourth-order valence-corrected chi connectivity index (χ4v) is 2.51. The van der Waals surface area contributed by atoms with Gasteiger partial charge in [0.25, 0.3) is 6.43 Å². The van der Waals surface area contributed by atoms with E-state index < -0.39 is 13.0 Å². The highest BCUT2D eigenvalue weighted by molar-refractivity contribution is 9.09. The van der Waals surface area contributed by atoms with Gasteiger partial charge in [0.05, 0.1) is 5.69 Å². The summed E-state index contributed by atoms with van der Waals surface area (Å²) in [5.41, 5.74) is 0.566. The predicted molar refractivity (Wildman–Crippen MR) is 72.2 cm³/mol. The number of hydrogen-bond donors (Lipinski definition) is 0. The van der Waals surface area contributed by atoms with Crippen LogP contribution in [0.4, 0.5) is 14.5 Å². The van der Waals surface area contributed by atoms with Crippen LogP contribution in [0, 0.1) is 5.92 Å². The van der Waals surface area contributed by atoms with Gasteiger partial charge in [0.1, 0.15) is 12.4 Å². The molecule has 1 heterocycles. The van der Waals surface area contributed by atoms with E-state index in [0.29, 0.717) is 24.4 Å². The van der Waals surface area contributed by atoms with Gasteiger partial charge in [-0.1, -0.05) is 28.1 Å². The normalized spacial score (nSPS) is 19.3. The summed E-state index contributed by atoms with van der Waals surface area (Å²) < 4.78 is 29.5. The summed E-state index contributed by atoms with van der Waals surface area (Å²) in [5.74, 6) is 0.569. The predicted octanol–water partition coefficient (Wildman–Crippen LogP) is 3.08. The summed E-state index contributed by atoms with van der Waals surface area (Å²) in [6, 6.07) is 6.79. The smallest absolute Gasteiger partial charge is 0.272 e. The van der Waals surface area contributed by atoms with Crippen LogP contribution in [-0.4, -0.2) is 30.8 Å². The summed E-state index contributed by atoms with van der Waals surface area (Å²) in [6.07, 6.45) is -2.06. The molecule has 104 valence electrons. The van der Waals surface area contributed by atoms with Gasteiger partial charge in [-0.2, -0.15) is 0 Å².